The summed E-state index contributed by atoms with van der Waals surface area (Å²) in [5.41, 5.74) is 0.280. The summed E-state index contributed by atoms with van der Waals surface area (Å²) in [5.74, 6) is -0.525. The van der Waals surface area contributed by atoms with Gasteiger partial charge in [-0.25, -0.2) is 8.42 Å². The van der Waals surface area contributed by atoms with Gasteiger partial charge in [0.1, 0.15) is 0 Å². The number of nitrogens with zero attached hydrogens (tertiary/aromatic N) is 1. The minimum atomic E-state index is -3.36. The highest BCUT2D eigenvalue weighted by atomic mass is 32.2. The molecule has 7 heteroatoms. The highest BCUT2D eigenvalue weighted by Gasteiger charge is 2.21. The molecule has 6 nitrogen and oxygen atoms in total. The quantitative estimate of drug-likeness (QED) is 0.836. The highest BCUT2D eigenvalue weighted by Crippen LogP contribution is 2.14. The number of hydrogen-bond acceptors (Lipinski definition) is 4. The molecule has 1 aromatic rings. The van der Waals surface area contributed by atoms with Crippen molar-refractivity contribution >= 4 is 21.7 Å². The Bertz CT molecular complexity index is 640. The van der Waals surface area contributed by atoms with Crippen LogP contribution in [0.25, 0.3) is 0 Å². The molecule has 0 aliphatic carbocycles. The molecule has 0 saturated carbocycles. The van der Waals surface area contributed by atoms with E-state index in [1.807, 2.05) is 0 Å². The van der Waals surface area contributed by atoms with Crippen LogP contribution in [0, 0.1) is 0 Å². The summed E-state index contributed by atoms with van der Waals surface area (Å²) in [4.78, 5) is 25.3. The standard InChI is InChI=1S/C13H16N2O4S/c1-20(18,19)11-5-2-4-10(8-11)13(17)15-7-3-6-14-12(16)9-15/h2,4-5,8H,3,6-7,9H2,1H3,(H,14,16). The van der Waals surface area contributed by atoms with Crippen LogP contribution in [0.2, 0.25) is 0 Å². The largest absolute Gasteiger partial charge is 0.354 e. The van der Waals surface area contributed by atoms with E-state index in [2.05, 4.69) is 5.32 Å². The van der Waals surface area contributed by atoms with Crippen LogP contribution in [-0.4, -0.2) is 51.0 Å². The number of nitrogens with one attached hydrogen (secondary N) is 1. The molecule has 2 amide bonds. The number of benzene rings is 1. The van der Waals surface area contributed by atoms with Crippen molar-refractivity contribution in [1.29, 1.82) is 0 Å². The molecule has 0 spiro atoms. The van der Waals surface area contributed by atoms with Gasteiger partial charge in [0.15, 0.2) is 9.84 Å². The van der Waals surface area contributed by atoms with Crippen LogP contribution in [0.3, 0.4) is 0 Å². The SMILES string of the molecule is CS(=O)(=O)c1cccc(C(=O)N2CCCNC(=O)C2)c1. The molecule has 1 aliphatic heterocycles. The molecule has 108 valence electrons. The van der Waals surface area contributed by atoms with Gasteiger partial charge in [-0.1, -0.05) is 6.07 Å². The Morgan fingerprint density at radius 1 is 1.35 bits per heavy atom. The smallest absolute Gasteiger partial charge is 0.254 e. The van der Waals surface area contributed by atoms with Crippen LogP contribution < -0.4 is 5.32 Å². The Labute approximate surface area is 117 Å². The van der Waals surface area contributed by atoms with Crippen LogP contribution in [0.1, 0.15) is 16.8 Å². The lowest BCUT2D eigenvalue weighted by Crippen LogP contribution is -2.37. The zero-order chi connectivity index (χ0) is 14.8. The van der Waals surface area contributed by atoms with Crippen molar-refractivity contribution in [3.8, 4) is 0 Å². The Morgan fingerprint density at radius 2 is 2.10 bits per heavy atom. The number of carbonyl (C=O) groups excluding carboxylic acids is 2. The van der Waals surface area contributed by atoms with Gasteiger partial charge in [0.05, 0.1) is 11.4 Å². The Kier molecular flexibility index (Phi) is 4.08. The van der Waals surface area contributed by atoms with Crippen LogP contribution >= 0.6 is 0 Å². The van der Waals surface area contributed by atoms with Crippen molar-refractivity contribution < 1.29 is 18.0 Å². The van der Waals surface area contributed by atoms with Gasteiger partial charge in [-0.05, 0) is 24.6 Å². The molecule has 1 heterocycles. The predicted octanol–water partition coefficient (Wildman–Crippen LogP) is 0.0522. The van der Waals surface area contributed by atoms with Crippen molar-refractivity contribution in [2.24, 2.45) is 0 Å². The molecule has 1 saturated heterocycles. The van der Waals surface area contributed by atoms with Crippen molar-refractivity contribution in [2.75, 3.05) is 25.9 Å². The molecule has 1 aliphatic rings. The second-order valence-electron chi connectivity index (χ2n) is 4.73. The highest BCUT2D eigenvalue weighted by molar-refractivity contribution is 7.90. The van der Waals surface area contributed by atoms with Gasteiger partial charge >= 0.3 is 0 Å². The lowest BCUT2D eigenvalue weighted by molar-refractivity contribution is -0.121. The zero-order valence-corrected chi connectivity index (χ0v) is 11.9. The van der Waals surface area contributed by atoms with Gasteiger partial charge in [-0.15, -0.1) is 0 Å². The zero-order valence-electron chi connectivity index (χ0n) is 11.1. The summed E-state index contributed by atoms with van der Waals surface area (Å²) in [6.45, 7) is 1.02. The van der Waals surface area contributed by atoms with Gasteiger partial charge in [-0.3, -0.25) is 9.59 Å². The molecule has 20 heavy (non-hydrogen) atoms. The van der Waals surface area contributed by atoms with E-state index in [1.54, 1.807) is 6.07 Å². The molecule has 0 unspecified atom stereocenters. The Morgan fingerprint density at radius 3 is 2.80 bits per heavy atom. The van der Waals surface area contributed by atoms with Crippen molar-refractivity contribution in [2.45, 2.75) is 11.3 Å². The average Bonchev–Trinajstić information content (AvgIpc) is 2.62. The molecule has 1 aromatic carbocycles. The van der Waals surface area contributed by atoms with E-state index in [4.69, 9.17) is 0 Å². The van der Waals surface area contributed by atoms with Gasteiger partial charge in [0.2, 0.25) is 5.91 Å². The summed E-state index contributed by atoms with van der Waals surface area (Å²) in [5, 5.41) is 2.69. The van der Waals surface area contributed by atoms with E-state index in [0.29, 0.717) is 19.5 Å². The molecule has 0 bridgehead atoms. The van der Waals surface area contributed by atoms with E-state index in [-0.39, 0.29) is 28.8 Å². The van der Waals surface area contributed by atoms with Crippen molar-refractivity contribution in [3.63, 3.8) is 0 Å². The molecular formula is C13H16N2O4S. The number of amides is 2. The fourth-order valence-corrected chi connectivity index (χ4v) is 2.69. The summed E-state index contributed by atoms with van der Waals surface area (Å²) < 4.78 is 23.0. The third-order valence-electron chi connectivity index (χ3n) is 3.06. The van der Waals surface area contributed by atoms with E-state index >= 15 is 0 Å². The summed E-state index contributed by atoms with van der Waals surface area (Å²) in [6.07, 6.45) is 1.78. The molecule has 1 fully saturated rings. The summed E-state index contributed by atoms with van der Waals surface area (Å²) in [6, 6.07) is 5.88. The van der Waals surface area contributed by atoms with Gasteiger partial charge in [0, 0.05) is 24.9 Å². The minimum absolute atomic E-state index is 0.00192. The molecule has 0 atom stereocenters. The number of rotatable bonds is 2. The van der Waals surface area contributed by atoms with E-state index < -0.39 is 9.84 Å². The average molecular weight is 296 g/mol. The van der Waals surface area contributed by atoms with Gasteiger partial charge in [-0.2, -0.15) is 0 Å². The fourth-order valence-electron chi connectivity index (χ4n) is 2.02. The maximum atomic E-state index is 12.3. The van der Waals surface area contributed by atoms with Crippen LogP contribution in [0.4, 0.5) is 0 Å². The Balaban J connectivity index is 2.26. The molecule has 0 radical (unpaired) electrons. The van der Waals surface area contributed by atoms with E-state index in [0.717, 1.165) is 6.26 Å². The topological polar surface area (TPSA) is 83.6 Å². The molecule has 2 rings (SSSR count). The third kappa shape index (κ3) is 3.36. The van der Waals surface area contributed by atoms with Gasteiger partial charge < -0.3 is 10.2 Å². The van der Waals surface area contributed by atoms with Gasteiger partial charge in [0.25, 0.3) is 5.91 Å². The fraction of sp³-hybridized carbons (Fsp3) is 0.385. The minimum Gasteiger partial charge on any atom is -0.354 e. The lowest BCUT2D eigenvalue weighted by Gasteiger charge is -2.19. The normalized spacial score (nSPS) is 16.4. The van der Waals surface area contributed by atoms with Crippen LogP contribution in [0.15, 0.2) is 29.2 Å². The molecular weight excluding hydrogens is 280 g/mol. The third-order valence-corrected chi connectivity index (χ3v) is 4.17. The second kappa shape index (κ2) is 5.62. The van der Waals surface area contributed by atoms with E-state index in [9.17, 15) is 18.0 Å². The van der Waals surface area contributed by atoms with Crippen LogP contribution in [0.5, 0.6) is 0 Å². The van der Waals surface area contributed by atoms with E-state index in [1.165, 1.54) is 23.1 Å². The summed E-state index contributed by atoms with van der Waals surface area (Å²) in [7, 11) is -3.36. The number of sulfone groups is 1. The molecule has 1 N–H and O–H groups in total. The van der Waals surface area contributed by atoms with Crippen molar-refractivity contribution in [1.82, 2.24) is 10.2 Å². The first-order valence-electron chi connectivity index (χ1n) is 6.24. The summed E-state index contributed by atoms with van der Waals surface area (Å²) >= 11 is 0. The maximum absolute atomic E-state index is 12.3. The number of hydrogen-bond donors (Lipinski definition) is 1. The number of carbonyl (C=O) groups is 2. The predicted molar refractivity (Wildman–Crippen MR) is 73.1 cm³/mol. The van der Waals surface area contributed by atoms with Crippen molar-refractivity contribution in [3.05, 3.63) is 29.8 Å². The first kappa shape index (κ1) is 14.5. The first-order valence-corrected chi connectivity index (χ1v) is 8.13. The first-order chi connectivity index (χ1) is 9.38. The maximum Gasteiger partial charge on any atom is 0.254 e. The lowest BCUT2D eigenvalue weighted by atomic mass is 10.2. The second-order valence-corrected chi connectivity index (χ2v) is 6.75. The molecule has 0 aromatic heterocycles. The Hall–Kier alpha value is -1.89. The monoisotopic (exact) mass is 296 g/mol. The van der Waals surface area contributed by atoms with Crippen LogP contribution in [-0.2, 0) is 14.6 Å².